The number of rotatable bonds is 3. The van der Waals surface area contributed by atoms with E-state index < -0.39 is 18.1 Å². The zero-order valence-electron chi connectivity index (χ0n) is 9.24. The van der Waals surface area contributed by atoms with Crippen molar-refractivity contribution in [2.75, 3.05) is 6.54 Å². The molecule has 2 atom stereocenters. The Balaban J connectivity index is 2.08. The Hall–Kier alpha value is -1.88. The van der Waals surface area contributed by atoms with Gasteiger partial charge in [-0.15, -0.1) is 0 Å². The van der Waals surface area contributed by atoms with Gasteiger partial charge in [-0.3, -0.25) is 4.79 Å². The molecule has 3 N–H and O–H groups in total. The number of nitrogens with zero attached hydrogens (tertiary/aromatic N) is 1. The summed E-state index contributed by atoms with van der Waals surface area (Å²) < 4.78 is 0. The highest BCUT2D eigenvalue weighted by atomic mass is 16.4. The van der Waals surface area contributed by atoms with Gasteiger partial charge in [0.25, 0.3) is 0 Å². The van der Waals surface area contributed by atoms with Gasteiger partial charge in [0.05, 0.1) is 0 Å². The fourth-order valence-corrected chi connectivity index (χ4v) is 1.89. The van der Waals surface area contributed by atoms with Crippen molar-refractivity contribution >= 4 is 11.9 Å². The summed E-state index contributed by atoms with van der Waals surface area (Å²) in [7, 11) is 0. The van der Waals surface area contributed by atoms with Crippen LogP contribution in [0, 0.1) is 0 Å². The van der Waals surface area contributed by atoms with E-state index in [9.17, 15) is 9.59 Å². The number of hydrogen-bond donors (Lipinski definition) is 2. The van der Waals surface area contributed by atoms with Gasteiger partial charge >= 0.3 is 5.97 Å². The Morgan fingerprint density at radius 3 is 2.47 bits per heavy atom. The summed E-state index contributed by atoms with van der Waals surface area (Å²) in [5.41, 5.74) is 6.53. The topological polar surface area (TPSA) is 83.6 Å². The molecule has 0 bridgehead atoms. The highest BCUT2D eigenvalue weighted by molar-refractivity contribution is 5.89. The standard InChI is InChI=1S/C12H14N2O3/c13-10(8-4-2-1-3-5-8)11(15)14-7-6-9(14)12(16)17/h1-5,9-10H,6-7,13H2,(H,16,17). The van der Waals surface area contributed by atoms with Crippen LogP contribution in [0.3, 0.4) is 0 Å². The molecule has 1 amide bonds. The summed E-state index contributed by atoms with van der Waals surface area (Å²) in [6.07, 6.45) is 0.503. The molecule has 90 valence electrons. The predicted molar refractivity (Wildman–Crippen MR) is 61.1 cm³/mol. The van der Waals surface area contributed by atoms with Crippen molar-refractivity contribution in [2.24, 2.45) is 5.73 Å². The molecule has 1 aromatic rings. The lowest BCUT2D eigenvalue weighted by Crippen LogP contribution is -2.57. The van der Waals surface area contributed by atoms with E-state index in [1.54, 1.807) is 24.3 Å². The first-order valence-electron chi connectivity index (χ1n) is 5.45. The molecule has 1 fully saturated rings. The van der Waals surface area contributed by atoms with Crippen molar-refractivity contribution < 1.29 is 14.7 Å². The normalized spacial score (nSPS) is 20.5. The summed E-state index contributed by atoms with van der Waals surface area (Å²) in [5.74, 6) is -1.29. The van der Waals surface area contributed by atoms with Crippen LogP contribution in [0.2, 0.25) is 0 Å². The van der Waals surface area contributed by atoms with E-state index in [0.717, 1.165) is 0 Å². The summed E-state index contributed by atoms with van der Waals surface area (Å²) in [6.45, 7) is 0.469. The number of hydrogen-bond acceptors (Lipinski definition) is 3. The van der Waals surface area contributed by atoms with Crippen LogP contribution in [-0.4, -0.2) is 34.5 Å². The molecule has 0 radical (unpaired) electrons. The van der Waals surface area contributed by atoms with Crippen molar-refractivity contribution in [2.45, 2.75) is 18.5 Å². The highest BCUT2D eigenvalue weighted by Crippen LogP contribution is 2.22. The first-order valence-corrected chi connectivity index (χ1v) is 5.45. The fourth-order valence-electron chi connectivity index (χ4n) is 1.89. The molecule has 0 aliphatic carbocycles. The molecule has 1 saturated heterocycles. The quantitative estimate of drug-likeness (QED) is 0.791. The van der Waals surface area contributed by atoms with Crippen molar-refractivity contribution in [3.05, 3.63) is 35.9 Å². The van der Waals surface area contributed by atoms with Crippen LogP contribution in [0.25, 0.3) is 0 Å². The number of nitrogens with two attached hydrogens (primary N) is 1. The Labute approximate surface area is 98.8 Å². The Bertz CT molecular complexity index is 433. The zero-order valence-corrected chi connectivity index (χ0v) is 9.24. The number of carboxylic acid groups (broad SMARTS) is 1. The van der Waals surface area contributed by atoms with Crippen LogP contribution in [-0.2, 0) is 9.59 Å². The van der Waals surface area contributed by atoms with Crippen LogP contribution >= 0.6 is 0 Å². The minimum absolute atomic E-state index is 0.324. The van der Waals surface area contributed by atoms with Gasteiger partial charge in [-0.25, -0.2) is 4.79 Å². The minimum Gasteiger partial charge on any atom is -0.480 e. The number of amides is 1. The van der Waals surface area contributed by atoms with Crippen LogP contribution < -0.4 is 5.73 Å². The average molecular weight is 234 g/mol. The number of likely N-dealkylation sites (tertiary alicyclic amines) is 1. The van der Waals surface area contributed by atoms with Gasteiger partial charge in [0.15, 0.2) is 0 Å². The van der Waals surface area contributed by atoms with Crippen molar-refractivity contribution in [1.82, 2.24) is 4.90 Å². The van der Waals surface area contributed by atoms with Gasteiger partial charge in [0.1, 0.15) is 12.1 Å². The average Bonchev–Trinajstić information content (AvgIpc) is 2.27. The number of carboxylic acids is 1. The molecule has 1 aliphatic heterocycles. The van der Waals surface area contributed by atoms with E-state index in [1.165, 1.54) is 4.90 Å². The van der Waals surface area contributed by atoms with E-state index in [0.29, 0.717) is 18.5 Å². The fraction of sp³-hybridized carbons (Fsp3) is 0.333. The van der Waals surface area contributed by atoms with E-state index in [4.69, 9.17) is 10.8 Å². The molecule has 2 unspecified atom stereocenters. The monoisotopic (exact) mass is 234 g/mol. The van der Waals surface area contributed by atoms with Crippen LogP contribution in [0.15, 0.2) is 30.3 Å². The summed E-state index contributed by atoms with van der Waals surface area (Å²) in [5, 5.41) is 8.87. The third-order valence-electron chi connectivity index (χ3n) is 3.01. The molecule has 0 saturated carbocycles. The second-order valence-electron chi connectivity index (χ2n) is 4.06. The third kappa shape index (κ3) is 2.14. The molecule has 1 heterocycles. The molecular weight excluding hydrogens is 220 g/mol. The van der Waals surface area contributed by atoms with Crippen molar-refractivity contribution in [3.8, 4) is 0 Å². The van der Waals surface area contributed by atoms with Gasteiger partial charge in [-0.1, -0.05) is 30.3 Å². The number of carbonyl (C=O) groups is 2. The zero-order chi connectivity index (χ0) is 12.4. The summed E-state index contributed by atoms with van der Waals surface area (Å²) in [6, 6.07) is 7.47. The summed E-state index contributed by atoms with van der Waals surface area (Å²) >= 11 is 0. The highest BCUT2D eigenvalue weighted by Gasteiger charge is 2.39. The first kappa shape index (κ1) is 11.6. The summed E-state index contributed by atoms with van der Waals surface area (Å²) in [4.78, 5) is 24.1. The van der Waals surface area contributed by atoms with Crippen LogP contribution in [0.4, 0.5) is 0 Å². The van der Waals surface area contributed by atoms with E-state index in [2.05, 4.69) is 0 Å². The van der Waals surface area contributed by atoms with Crippen molar-refractivity contribution in [3.63, 3.8) is 0 Å². The maximum Gasteiger partial charge on any atom is 0.326 e. The second-order valence-corrected chi connectivity index (χ2v) is 4.06. The van der Waals surface area contributed by atoms with Crippen LogP contribution in [0.1, 0.15) is 18.0 Å². The van der Waals surface area contributed by atoms with E-state index in [-0.39, 0.29) is 5.91 Å². The number of carbonyl (C=O) groups excluding carboxylic acids is 1. The lowest BCUT2D eigenvalue weighted by Gasteiger charge is -2.39. The van der Waals surface area contributed by atoms with E-state index in [1.807, 2.05) is 6.07 Å². The second kappa shape index (κ2) is 4.55. The SMILES string of the molecule is NC(C(=O)N1CCC1C(=O)O)c1ccccc1. The molecular formula is C12H14N2O3. The first-order chi connectivity index (χ1) is 8.11. The van der Waals surface area contributed by atoms with Gasteiger partial charge < -0.3 is 15.7 Å². The molecule has 17 heavy (non-hydrogen) atoms. The maximum atomic E-state index is 12.0. The van der Waals surface area contributed by atoms with Crippen LogP contribution in [0.5, 0.6) is 0 Å². The van der Waals surface area contributed by atoms with Gasteiger partial charge in [-0.2, -0.15) is 0 Å². The molecule has 5 nitrogen and oxygen atoms in total. The maximum absolute atomic E-state index is 12.0. The Kier molecular flexibility index (Phi) is 3.10. The molecule has 2 rings (SSSR count). The lowest BCUT2D eigenvalue weighted by molar-refractivity contribution is -0.157. The minimum atomic E-state index is -0.968. The number of benzene rings is 1. The third-order valence-corrected chi connectivity index (χ3v) is 3.01. The van der Waals surface area contributed by atoms with Crippen molar-refractivity contribution in [1.29, 1.82) is 0 Å². The molecule has 1 aromatic carbocycles. The molecule has 0 aromatic heterocycles. The number of aliphatic carboxylic acids is 1. The van der Waals surface area contributed by atoms with Gasteiger partial charge in [0, 0.05) is 6.54 Å². The molecule has 0 spiro atoms. The Morgan fingerprint density at radius 1 is 1.35 bits per heavy atom. The Morgan fingerprint density at radius 2 is 2.00 bits per heavy atom. The largest absolute Gasteiger partial charge is 0.480 e. The molecule has 1 aliphatic rings. The predicted octanol–water partition coefficient (Wildman–Crippen LogP) is 0.372. The smallest absolute Gasteiger partial charge is 0.326 e. The molecule has 5 heteroatoms. The van der Waals surface area contributed by atoms with Gasteiger partial charge in [0.2, 0.25) is 5.91 Å². The lowest BCUT2D eigenvalue weighted by atomic mass is 9.99. The van der Waals surface area contributed by atoms with E-state index >= 15 is 0 Å². The van der Waals surface area contributed by atoms with Gasteiger partial charge in [-0.05, 0) is 12.0 Å².